The molecule has 0 unspecified atom stereocenters. The number of pyridine rings is 1. The molecule has 188 valence electrons. The minimum Gasteiger partial charge on any atom is -0.488 e. The number of hydrogen-bond acceptors (Lipinski definition) is 6. The van der Waals surface area contributed by atoms with E-state index in [0.29, 0.717) is 34.5 Å². The zero-order valence-corrected chi connectivity index (χ0v) is 20.5. The van der Waals surface area contributed by atoms with Crippen LogP contribution >= 0.6 is 11.6 Å². The van der Waals surface area contributed by atoms with Gasteiger partial charge in [-0.3, -0.25) is 0 Å². The van der Waals surface area contributed by atoms with Gasteiger partial charge in [0, 0.05) is 29.9 Å². The Labute approximate surface area is 213 Å². The molecular formula is C26H27ClN4O5. The summed E-state index contributed by atoms with van der Waals surface area (Å²) >= 11 is 6.31. The first kappa shape index (κ1) is 25.3. The van der Waals surface area contributed by atoms with E-state index in [0.717, 1.165) is 37.1 Å². The van der Waals surface area contributed by atoms with Crippen molar-refractivity contribution in [3.63, 3.8) is 0 Å². The van der Waals surface area contributed by atoms with Gasteiger partial charge in [-0.25, -0.2) is 14.6 Å². The fraction of sp³-hybridized carbons (Fsp3) is 0.269. The molecule has 36 heavy (non-hydrogen) atoms. The van der Waals surface area contributed by atoms with E-state index in [1.165, 1.54) is 12.3 Å². The first-order valence-electron chi connectivity index (χ1n) is 11.6. The van der Waals surface area contributed by atoms with E-state index < -0.39 is 5.97 Å². The maximum Gasteiger partial charge on any atom is 0.354 e. The van der Waals surface area contributed by atoms with Gasteiger partial charge >= 0.3 is 12.0 Å². The van der Waals surface area contributed by atoms with Crippen molar-refractivity contribution >= 4 is 29.3 Å². The van der Waals surface area contributed by atoms with Gasteiger partial charge in [-0.15, -0.1) is 0 Å². The Morgan fingerprint density at radius 3 is 2.58 bits per heavy atom. The van der Waals surface area contributed by atoms with Crippen LogP contribution in [0.5, 0.6) is 17.2 Å². The number of carbonyl (C=O) groups is 2. The molecule has 2 amide bonds. The molecule has 10 heteroatoms. The normalized spacial score (nSPS) is 13.6. The van der Waals surface area contributed by atoms with E-state index in [1.54, 1.807) is 30.3 Å². The Morgan fingerprint density at radius 1 is 1.11 bits per heavy atom. The maximum absolute atomic E-state index is 12.6. The molecule has 3 aromatic rings. The molecule has 1 fully saturated rings. The number of carbonyl (C=O) groups excluding carboxylic acids is 1. The van der Waals surface area contributed by atoms with Crippen LogP contribution in [0, 0.1) is 6.92 Å². The molecule has 4 N–H and O–H groups in total. The number of piperidine rings is 1. The highest BCUT2D eigenvalue weighted by Crippen LogP contribution is 2.33. The molecule has 0 spiro atoms. The summed E-state index contributed by atoms with van der Waals surface area (Å²) in [5, 5.41) is 18.6. The summed E-state index contributed by atoms with van der Waals surface area (Å²) in [7, 11) is 0. The third kappa shape index (κ3) is 6.87. The van der Waals surface area contributed by atoms with Crippen molar-refractivity contribution < 1.29 is 24.2 Å². The number of carboxylic acids is 1. The summed E-state index contributed by atoms with van der Waals surface area (Å²) in [6, 6.07) is 13.2. The molecule has 2 heterocycles. The number of nitrogens with one attached hydrogen (secondary N) is 3. The van der Waals surface area contributed by atoms with E-state index in [9.17, 15) is 9.59 Å². The van der Waals surface area contributed by atoms with E-state index in [2.05, 4.69) is 20.9 Å². The second-order valence-electron chi connectivity index (χ2n) is 8.40. The molecule has 2 aromatic carbocycles. The van der Waals surface area contributed by atoms with Gasteiger partial charge < -0.3 is 30.5 Å². The maximum atomic E-state index is 12.6. The number of aryl methyl sites for hydroxylation is 1. The van der Waals surface area contributed by atoms with Gasteiger partial charge in [-0.1, -0.05) is 23.7 Å². The van der Waals surface area contributed by atoms with Crippen molar-refractivity contribution in [3.8, 4) is 17.2 Å². The second kappa shape index (κ2) is 11.7. The largest absolute Gasteiger partial charge is 0.488 e. The second-order valence-corrected chi connectivity index (χ2v) is 8.81. The summed E-state index contributed by atoms with van der Waals surface area (Å²) < 4.78 is 11.8. The van der Waals surface area contributed by atoms with Gasteiger partial charge in [-0.05, 0) is 68.2 Å². The van der Waals surface area contributed by atoms with E-state index >= 15 is 0 Å². The number of anilines is 1. The standard InChI is InChI=1S/C26H27ClN4O5/c1-16-12-22(24(14-21(16)27)36-19-6-9-28-10-7-19)31-26(34)30-15-17-2-4-18(5-3-17)35-20-8-11-29-23(13-20)25(32)33/h2-5,8,11-14,19,28H,6-7,9-10,15H2,1H3,(H,32,33)(H2,30,31,34). The van der Waals surface area contributed by atoms with Gasteiger partial charge in [0.25, 0.3) is 0 Å². The lowest BCUT2D eigenvalue weighted by molar-refractivity contribution is 0.0690. The first-order valence-corrected chi connectivity index (χ1v) is 11.9. The molecular weight excluding hydrogens is 484 g/mol. The fourth-order valence-electron chi connectivity index (χ4n) is 3.70. The highest BCUT2D eigenvalue weighted by Gasteiger charge is 2.18. The highest BCUT2D eigenvalue weighted by molar-refractivity contribution is 6.31. The molecule has 1 aliphatic rings. The summed E-state index contributed by atoms with van der Waals surface area (Å²) in [6.07, 6.45) is 3.22. The van der Waals surface area contributed by atoms with Crippen LogP contribution in [0.2, 0.25) is 5.02 Å². The SMILES string of the molecule is Cc1cc(NC(=O)NCc2ccc(Oc3ccnc(C(=O)O)c3)cc2)c(OC2CCNCC2)cc1Cl. The van der Waals surface area contributed by atoms with Crippen LogP contribution in [0.25, 0.3) is 0 Å². The Kier molecular flexibility index (Phi) is 8.24. The van der Waals surface area contributed by atoms with Crippen LogP contribution in [0.3, 0.4) is 0 Å². The number of ether oxygens (including phenoxy) is 2. The zero-order chi connectivity index (χ0) is 25.5. The quantitative estimate of drug-likeness (QED) is 0.337. The molecule has 0 radical (unpaired) electrons. The van der Waals surface area contributed by atoms with E-state index in [-0.39, 0.29) is 17.8 Å². The van der Waals surface area contributed by atoms with Crippen molar-refractivity contribution in [3.05, 3.63) is 76.6 Å². The third-order valence-electron chi connectivity index (χ3n) is 5.65. The minimum atomic E-state index is -1.13. The number of urea groups is 1. The Morgan fingerprint density at radius 2 is 1.86 bits per heavy atom. The number of rotatable bonds is 8. The number of hydrogen-bond donors (Lipinski definition) is 4. The van der Waals surface area contributed by atoms with Crippen molar-refractivity contribution in [2.24, 2.45) is 0 Å². The number of aromatic carboxylic acids is 1. The summed E-state index contributed by atoms with van der Waals surface area (Å²) in [5.74, 6) is 0.325. The average molecular weight is 511 g/mol. The molecule has 9 nitrogen and oxygen atoms in total. The molecule has 0 aliphatic carbocycles. The predicted octanol–water partition coefficient (Wildman–Crippen LogP) is 4.99. The van der Waals surface area contributed by atoms with Gasteiger partial charge in [-0.2, -0.15) is 0 Å². The molecule has 1 aromatic heterocycles. The number of benzene rings is 2. The highest BCUT2D eigenvalue weighted by atomic mass is 35.5. The van der Waals surface area contributed by atoms with Crippen LogP contribution in [-0.4, -0.2) is 41.3 Å². The van der Waals surface area contributed by atoms with Crippen molar-refractivity contribution in [2.75, 3.05) is 18.4 Å². The molecule has 1 saturated heterocycles. The lowest BCUT2D eigenvalue weighted by atomic mass is 10.1. The summed E-state index contributed by atoms with van der Waals surface area (Å²) in [5.41, 5.74) is 2.16. The van der Waals surface area contributed by atoms with Gasteiger partial charge in [0.2, 0.25) is 0 Å². The fourth-order valence-corrected chi connectivity index (χ4v) is 3.86. The van der Waals surface area contributed by atoms with Crippen molar-refractivity contribution in [1.82, 2.24) is 15.6 Å². The third-order valence-corrected chi connectivity index (χ3v) is 6.06. The van der Waals surface area contributed by atoms with Gasteiger partial charge in [0.05, 0.1) is 5.69 Å². The lowest BCUT2D eigenvalue weighted by Crippen LogP contribution is -2.34. The molecule has 0 atom stereocenters. The van der Waals surface area contributed by atoms with E-state index in [1.807, 2.05) is 19.1 Å². The summed E-state index contributed by atoms with van der Waals surface area (Å²) in [4.78, 5) is 27.4. The van der Waals surface area contributed by atoms with Gasteiger partial charge in [0.15, 0.2) is 5.69 Å². The first-order chi connectivity index (χ1) is 17.4. The number of aromatic nitrogens is 1. The van der Waals surface area contributed by atoms with Crippen LogP contribution in [0.4, 0.5) is 10.5 Å². The van der Waals surface area contributed by atoms with Crippen LogP contribution < -0.4 is 25.4 Å². The smallest absolute Gasteiger partial charge is 0.354 e. The van der Waals surface area contributed by atoms with Gasteiger partial charge in [0.1, 0.15) is 23.4 Å². The van der Waals surface area contributed by atoms with Crippen LogP contribution in [0.15, 0.2) is 54.7 Å². The number of nitrogens with zero attached hydrogens (tertiary/aromatic N) is 1. The number of amides is 2. The molecule has 0 saturated carbocycles. The topological polar surface area (TPSA) is 122 Å². The zero-order valence-electron chi connectivity index (χ0n) is 19.7. The minimum absolute atomic E-state index is 0.0669. The Bertz CT molecular complexity index is 1230. The predicted molar refractivity (Wildman–Crippen MR) is 136 cm³/mol. The van der Waals surface area contributed by atoms with E-state index in [4.69, 9.17) is 26.2 Å². The van der Waals surface area contributed by atoms with Crippen LogP contribution in [0.1, 0.15) is 34.5 Å². The van der Waals surface area contributed by atoms with Crippen LogP contribution in [-0.2, 0) is 6.54 Å². The van der Waals surface area contributed by atoms with Crippen molar-refractivity contribution in [2.45, 2.75) is 32.4 Å². The molecule has 1 aliphatic heterocycles. The average Bonchev–Trinajstić information content (AvgIpc) is 2.87. The lowest BCUT2D eigenvalue weighted by Gasteiger charge is -2.25. The molecule has 4 rings (SSSR count). The number of halogens is 1. The Hall–Kier alpha value is -3.82. The molecule has 0 bridgehead atoms. The summed E-state index contributed by atoms with van der Waals surface area (Å²) in [6.45, 7) is 3.95. The Balaban J connectivity index is 1.34. The monoisotopic (exact) mass is 510 g/mol. The number of carboxylic acid groups (broad SMARTS) is 1. The van der Waals surface area contributed by atoms with Crippen molar-refractivity contribution in [1.29, 1.82) is 0 Å².